The molecule has 0 amide bonds. The smallest absolute Gasteiger partial charge is 0.186 e. The molecule has 0 N–H and O–H groups in total. The molecule has 1 rings (SSSR count). The number of allylic oxidation sites excluding steroid dienone is 1. The van der Waals surface area contributed by atoms with E-state index in [1.54, 1.807) is 0 Å². The zero-order valence-electron chi connectivity index (χ0n) is 13.7. The molecule has 0 unspecified atom stereocenters. The van der Waals surface area contributed by atoms with Gasteiger partial charge in [-0.25, -0.2) is 0 Å². The zero-order valence-corrected chi connectivity index (χ0v) is 14.7. The first-order valence-electron chi connectivity index (χ1n) is 7.94. The summed E-state index contributed by atoms with van der Waals surface area (Å²) in [6.45, 7) is 7.78. The number of furan rings is 1. The van der Waals surface area contributed by atoms with Gasteiger partial charge >= 0.3 is 0 Å². The lowest BCUT2D eigenvalue weighted by atomic mass is 10.2. The molecule has 3 heteroatoms. The Balaban J connectivity index is 2.10. The molecule has 21 heavy (non-hydrogen) atoms. The third-order valence-corrected chi connectivity index (χ3v) is 5.98. The Bertz CT molecular complexity index is 466. The largest absolute Gasteiger partial charge is 0.448 e. The molecule has 0 bridgehead atoms. The standard InChI is InChI=1S/C18H28O2Si/c1-5-7-16-21(3,4)19-15-11-9-8-10-12-18-14-13-17(6-2)20-18/h2,10,12-14H,5,7-9,11,15-16H2,1,3-4H3/b12-10-. The number of hydrogen-bond donors (Lipinski definition) is 0. The van der Waals surface area contributed by atoms with E-state index in [2.05, 4.69) is 32.0 Å². The monoisotopic (exact) mass is 304 g/mol. The van der Waals surface area contributed by atoms with Crippen LogP contribution < -0.4 is 0 Å². The molecule has 0 saturated heterocycles. The maximum atomic E-state index is 6.09. The lowest BCUT2D eigenvalue weighted by Crippen LogP contribution is -2.30. The summed E-state index contributed by atoms with van der Waals surface area (Å²) in [7, 11) is -1.40. The molecular weight excluding hydrogens is 276 g/mol. The van der Waals surface area contributed by atoms with E-state index in [1.165, 1.54) is 18.9 Å². The number of hydrogen-bond acceptors (Lipinski definition) is 2. The molecular formula is C18H28O2Si. The van der Waals surface area contributed by atoms with E-state index in [0.717, 1.165) is 31.6 Å². The van der Waals surface area contributed by atoms with Crippen molar-refractivity contribution in [2.24, 2.45) is 0 Å². The van der Waals surface area contributed by atoms with Crippen LogP contribution in [-0.2, 0) is 4.43 Å². The highest BCUT2D eigenvalue weighted by molar-refractivity contribution is 6.71. The molecule has 2 nitrogen and oxygen atoms in total. The van der Waals surface area contributed by atoms with Crippen molar-refractivity contribution in [3.8, 4) is 12.3 Å². The second-order valence-corrected chi connectivity index (χ2v) is 10.3. The average Bonchev–Trinajstić information content (AvgIpc) is 2.92. The van der Waals surface area contributed by atoms with E-state index in [-0.39, 0.29) is 0 Å². The second-order valence-electron chi connectivity index (χ2n) is 5.96. The fourth-order valence-corrected chi connectivity index (χ4v) is 4.15. The van der Waals surface area contributed by atoms with Gasteiger partial charge in [-0.15, -0.1) is 6.42 Å². The van der Waals surface area contributed by atoms with Gasteiger partial charge < -0.3 is 8.84 Å². The summed E-state index contributed by atoms with van der Waals surface area (Å²) in [5, 5.41) is 0. The summed E-state index contributed by atoms with van der Waals surface area (Å²) >= 11 is 0. The Morgan fingerprint density at radius 3 is 2.76 bits per heavy atom. The van der Waals surface area contributed by atoms with Crippen LogP contribution in [0.3, 0.4) is 0 Å². The van der Waals surface area contributed by atoms with Crippen LogP contribution in [0.5, 0.6) is 0 Å². The Morgan fingerprint density at radius 2 is 2.10 bits per heavy atom. The Labute approximate surface area is 130 Å². The number of terminal acetylenes is 1. The van der Waals surface area contributed by atoms with E-state index in [0.29, 0.717) is 5.76 Å². The molecule has 0 atom stereocenters. The zero-order chi connectivity index (χ0) is 15.6. The molecule has 1 heterocycles. The minimum Gasteiger partial charge on any atom is -0.448 e. The fourth-order valence-electron chi connectivity index (χ4n) is 2.11. The van der Waals surface area contributed by atoms with E-state index in [1.807, 2.05) is 18.2 Å². The highest BCUT2D eigenvalue weighted by atomic mass is 28.4. The van der Waals surface area contributed by atoms with E-state index >= 15 is 0 Å². The lowest BCUT2D eigenvalue weighted by Gasteiger charge is -2.22. The van der Waals surface area contributed by atoms with Gasteiger partial charge in [-0.1, -0.05) is 25.8 Å². The Hall–Kier alpha value is -1.24. The van der Waals surface area contributed by atoms with Crippen LogP contribution in [0.25, 0.3) is 6.08 Å². The molecule has 0 aliphatic rings. The summed E-state index contributed by atoms with van der Waals surface area (Å²) in [4.78, 5) is 0. The van der Waals surface area contributed by atoms with Crippen molar-refractivity contribution in [2.75, 3.05) is 6.61 Å². The van der Waals surface area contributed by atoms with Crippen LogP contribution in [0.1, 0.15) is 50.5 Å². The fraction of sp³-hybridized carbons (Fsp3) is 0.556. The van der Waals surface area contributed by atoms with Crippen molar-refractivity contribution in [1.29, 1.82) is 0 Å². The summed E-state index contributed by atoms with van der Waals surface area (Å²) in [6, 6.07) is 4.99. The normalized spacial score (nSPS) is 11.9. The molecule has 1 aromatic rings. The summed E-state index contributed by atoms with van der Waals surface area (Å²) in [5.41, 5.74) is 0. The predicted octanol–water partition coefficient (Wildman–Crippen LogP) is 5.47. The van der Waals surface area contributed by atoms with Gasteiger partial charge in [0.1, 0.15) is 5.76 Å². The molecule has 0 aliphatic heterocycles. The average molecular weight is 305 g/mol. The van der Waals surface area contributed by atoms with Crippen LogP contribution in [0, 0.1) is 12.3 Å². The van der Waals surface area contributed by atoms with E-state index < -0.39 is 8.32 Å². The van der Waals surface area contributed by atoms with Gasteiger partial charge in [0.2, 0.25) is 0 Å². The highest BCUT2D eigenvalue weighted by Crippen LogP contribution is 2.16. The van der Waals surface area contributed by atoms with E-state index in [9.17, 15) is 0 Å². The third kappa shape index (κ3) is 7.94. The molecule has 0 aromatic carbocycles. The number of unbranched alkanes of at least 4 members (excludes halogenated alkanes) is 3. The van der Waals surface area contributed by atoms with Crippen LogP contribution in [-0.4, -0.2) is 14.9 Å². The quantitative estimate of drug-likeness (QED) is 0.325. The molecule has 0 aliphatic carbocycles. The summed E-state index contributed by atoms with van der Waals surface area (Å²) in [5.74, 6) is 3.89. The summed E-state index contributed by atoms with van der Waals surface area (Å²) < 4.78 is 11.5. The minimum atomic E-state index is -1.40. The van der Waals surface area contributed by atoms with Crippen molar-refractivity contribution in [2.45, 2.75) is 58.2 Å². The maximum Gasteiger partial charge on any atom is 0.186 e. The first-order valence-corrected chi connectivity index (χ1v) is 11.1. The Morgan fingerprint density at radius 1 is 1.29 bits per heavy atom. The second kappa shape index (κ2) is 9.65. The predicted molar refractivity (Wildman–Crippen MR) is 92.7 cm³/mol. The van der Waals surface area contributed by atoms with Gasteiger partial charge in [-0.05, 0) is 62.5 Å². The molecule has 0 fully saturated rings. The molecule has 116 valence electrons. The molecule has 0 saturated carbocycles. The van der Waals surface area contributed by atoms with Gasteiger partial charge in [-0.2, -0.15) is 0 Å². The van der Waals surface area contributed by atoms with Gasteiger partial charge in [0.25, 0.3) is 0 Å². The first-order chi connectivity index (χ1) is 10.1. The van der Waals surface area contributed by atoms with Gasteiger partial charge in [0.05, 0.1) is 0 Å². The van der Waals surface area contributed by atoms with Crippen LogP contribution in [0.2, 0.25) is 19.1 Å². The summed E-state index contributed by atoms with van der Waals surface area (Å²) in [6.07, 6.45) is 15.3. The van der Waals surface area contributed by atoms with Gasteiger partial charge in [-0.3, -0.25) is 0 Å². The van der Waals surface area contributed by atoms with Crippen molar-refractivity contribution in [3.05, 3.63) is 29.7 Å². The molecule has 1 aromatic heterocycles. The van der Waals surface area contributed by atoms with Crippen LogP contribution >= 0.6 is 0 Å². The Kier molecular flexibility index (Phi) is 8.18. The van der Waals surface area contributed by atoms with Crippen LogP contribution in [0.4, 0.5) is 0 Å². The van der Waals surface area contributed by atoms with Crippen LogP contribution in [0.15, 0.2) is 22.6 Å². The van der Waals surface area contributed by atoms with Crippen molar-refractivity contribution in [1.82, 2.24) is 0 Å². The SMILES string of the molecule is C#Cc1ccc(/C=C\CCCCO[Si](C)(C)CCCC)o1. The minimum absolute atomic E-state index is 0.585. The highest BCUT2D eigenvalue weighted by Gasteiger charge is 2.20. The first kappa shape index (κ1) is 17.8. The molecule has 0 spiro atoms. The lowest BCUT2D eigenvalue weighted by molar-refractivity contribution is 0.296. The van der Waals surface area contributed by atoms with Gasteiger partial charge in [0.15, 0.2) is 14.1 Å². The van der Waals surface area contributed by atoms with Crippen molar-refractivity contribution >= 4 is 14.4 Å². The van der Waals surface area contributed by atoms with Crippen molar-refractivity contribution < 1.29 is 8.84 Å². The maximum absolute atomic E-state index is 6.09. The van der Waals surface area contributed by atoms with E-state index in [4.69, 9.17) is 15.3 Å². The van der Waals surface area contributed by atoms with Gasteiger partial charge in [0, 0.05) is 6.61 Å². The van der Waals surface area contributed by atoms with Crippen molar-refractivity contribution in [3.63, 3.8) is 0 Å². The topological polar surface area (TPSA) is 22.4 Å². The number of rotatable bonds is 10. The third-order valence-electron chi connectivity index (χ3n) is 3.44. The molecule has 0 radical (unpaired) electrons.